The zero-order chi connectivity index (χ0) is 11.5. The number of aromatic nitrogens is 1. The molecule has 4 nitrogen and oxygen atoms in total. The number of nitrogens with two attached hydrogens (primary N) is 1. The van der Waals surface area contributed by atoms with Crippen LogP contribution in [0.5, 0.6) is 5.75 Å². The van der Waals surface area contributed by atoms with Crippen LogP contribution in [0, 0.1) is 5.41 Å². The van der Waals surface area contributed by atoms with Gasteiger partial charge in [-0.25, -0.2) is 4.98 Å². The van der Waals surface area contributed by atoms with Crippen LogP contribution >= 0.6 is 11.3 Å². The third kappa shape index (κ3) is 1.90. The van der Waals surface area contributed by atoms with Gasteiger partial charge in [0.15, 0.2) is 0 Å². The number of nitrogens with zero attached hydrogens (tertiary/aromatic N) is 1. The van der Waals surface area contributed by atoms with Crippen LogP contribution in [0.2, 0.25) is 0 Å². The van der Waals surface area contributed by atoms with E-state index in [1.165, 1.54) is 11.3 Å². The van der Waals surface area contributed by atoms with E-state index in [0.717, 1.165) is 16.3 Å². The summed E-state index contributed by atoms with van der Waals surface area (Å²) in [5.41, 5.74) is 6.32. The second-order valence-electron chi connectivity index (χ2n) is 3.14. The highest BCUT2D eigenvalue weighted by Gasteiger charge is 2.10. The van der Waals surface area contributed by atoms with Crippen molar-refractivity contribution >= 4 is 17.2 Å². The highest BCUT2D eigenvalue weighted by atomic mass is 32.1. The van der Waals surface area contributed by atoms with E-state index in [1.807, 2.05) is 24.3 Å². The Balaban J connectivity index is 2.46. The number of hydrogen-bond acceptors (Lipinski definition) is 4. The first kappa shape index (κ1) is 10.6. The second kappa shape index (κ2) is 4.32. The first-order valence-corrected chi connectivity index (χ1v) is 5.47. The molecule has 5 heteroatoms. The lowest BCUT2D eigenvalue weighted by Gasteiger charge is -2.04. The third-order valence-electron chi connectivity index (χ3n) is 2.11. The van der Waals surface area contributed by atoms with Crippen molar-refractivity contribution in [1.29, 1.82) is 5.41 Å². The van der Waals surface area contributed by atoms with Gasteiger partial charge >= 0.3 is 0 Å². The zero-order valence-corrected chi connectivity index (χ0v) is 9.54. The Bertz CT molecular complexity index is 521. The summed E-state index contributed by atoms with van der Waals surface area (Å²) >= 11 is 1.38. The lowest BCUT2D eigenvalue weighted by atomic mass is 10.2. The van der Waals surface area contributed by atoms with Gasteiger partial charge in [-0.1, -0.05) is 12.1 Å². The fraction of sp³-hybridized carbons (Fsp3) is 0.0909. The van der Waals surface area contributed by atoms with E-state index in [1.54, 1.807) is 13.3 Å². The Morgan fingerprint density at radius 2 is 2.19 bits per heavy atom. The maximum atomic E-state index is 7.33. The molecule has 0 saturated carbocycles. The maximum absolute atomic E-state index is 7.33. The number of ether oxygens (including phenoxy) is 1. The number of nitrogen functional groups attached to an aromatic ring is 1. The fourth-order valence-corrected chi connectivity index (χ4v) is 2.15. The number of para-hydroxylation sites is 1. The van der Waals surface area contributed by atoms with Crippen LogP contribution in [-0.4, -0.2) is 17.9 Å². The lowest BCUT2D eigenvalue weighted by Crippen LogP contribution is -2.08. The number of thiazole rings is 1. The minimum Gasteiger partial charge on any atom is -0.496 e. The number of nitrogens with one attached hydrogen (secondary N) is 1. The molecule has 0 atom stereocenters. The number of methoxy groups -OCH3 is 1. The van der Waals surface area contributed by atoms with Gasteiger partial charge in [0.2, 0.25) is 0 Å². The van der Waals surface area contributed by atoms with Crippen molar-refractivity contribution in [2.24, 2.45) is 5.73 Å². The molecule has 2 rings (SSSR count). The van der Waals surface area contributed by atoms with E-state index in [-0.39, 0.29) is 5.84 Å². The van der Waals surface area contributed by atoms with Crippen LogP contribution in [0.3, 0.4) is 0 Å². The third-order valence-corrected chi connectivity index (χ3v) is 3.17. The predicted molar refractivity (Wildman–Crippen MR) is 65.1 cm³/mol. The zero-order valence-electron chi connectivity index (χ0n) is 8.73. The second-order valence-corrected chi connectivity index (χ2v) is 4.17. The van der Waals surface area contributed by atoms with E-state index in [2.05, 4.69) is 4.98 Å². The van der Waals surface area contributed by atoms with Crippen LogP contribution < -0.4 is 10.5 Å². The average molecular weight is 233 g/mol. The summed E-state index contributed by atoms with van der Waals surface area (Å²) in [6.07, 6.45) is 1.61. The first-order valence-electron chi connectivity index (χ1n) is 4.66. The van der Waals surface area contributed by atoms with Gasteiger partial charge in [-0.15, -0.1) is 11.3 Å². The van der Waals surface area contributed by atoms with Crippen LogP contribution in [0.15, 0.2) is 30.5 Å². The molecular formula is C11H11N3OS. The molecule has 2 aromatic rings. The van der Waals surface area contributed by atoms with Crippen LogP contribution in [0.25, 0.3) is 10.6 Å². The molecule has 0 radical (unpaired) electrons. The van der Waals surface area contributed by atoms with Gasteiger partial charge in [0.1, 0.15) is 16.6 Å². The quantitative estimate of drug-likeness (QED) is 0.630. The average Bonchev–Trinajstić information content (AvgIpc) is 2.78. The molecule has 0 aliphatic heterocycles. The topological polar surface area (TPSA) is 72.0 Å². The SMILES string of the molecule is COc1ccccc1-c1ncc(C(=N)N)s1. The van der Waals surface area contributed by atoms with Crippen molar-refractivity contribution in [1.82, 2.24) is 4.98 Å². The van der Waals surface area contributed by atoms with Gasteiger partial charge in [0, 0.05) is 6.20 Å². The molecule has 0 aliphatic carbocycles. The molecule has 1 aromatic carbocycles. The van der Waals surface area contributed by atoms with Gasteiger partial charge in [0.05, 0.1) is 17.6 Å². The van der Waals surface area contributed by atoms with Crippen molar-refractivity contribution < 1.29 is 4.74 Å². The molecular weight excluding hydrogens is 222 g/mol. The molecule has 0 fully saturated rings. The van der Waals surface area contributed by atoms with Crippen molar-refractivity contribution in [3.8, 4) is 16.3 Å². The Kier molecular flexibility index (Phi) is 2.87. The van der Waals surface area contributed by atoms with E-state index >= 15 is 0 Å². The fourth-order valence-electron chi connectivity index (χ4n) is 1.34. The first-order chi connectivity index (χ1) is 7.72. The summed E-state index contributed by atoms with van der Waals surface area (Å²) < 4.78 is 5.25. The molecule has 0 spiro atoms. The van der Waals surface area contributed by atoms with Gasteiger partial charge in [-0.05, 0) is 12.1 Å². The molecule has 82 valence electrons. The Hall–Kier alpha value is -1.88. The highest BCUT2D eigenvalue weighted by molar-refractivity contribution is 7.17. The largest absolute Gasteiger partial charge is 0.496 e. The molecule has 1 heterocycles. The van der Waals surface area contributed by atoms with Crippen LogP contribution in [0.4, 0.5) is 0 Å². The van der Waals surface area contributed by atoms with Crippen LogP contribution in [-0.2, 0) is 0 Å². The number of amidine groups is 1. The summed E-state index contributed by atoms with van der Waals surface area (Å²) in [5.74, 6) is 0.811. The minimum absolute atomic E-state index is 0.0404. The van der Waals surface area contributed by atoms with Gasteiger partial charge in [0.25, 0.3) is 0 Å². The highest BCUT2D eigenvalue weighted by Crippen LogP contribution is 2.32. The normalized spacial score (nSPS) is 10.1. The molecule has 1 aromatic heterocycles. The smallest absolute Gasteiger partial charge is 0.134 e. The number of benzene rings is 1. The monoisotopic (exact) mass is 233 g/mol. The maximum Gasteiger partial charge on any atom is 0.134 e. The predicted octanol–water partition coefficient (Wildman–Crippen LogP) is 2.10. The summed E-state index contributed by atoms with van der Waals surface area (Å²) in [6, 6.07) is 7.64. The molecule has 0 bridgehead atoms. The summed E-state index contributed by atoms with van der Waals surface area (Å²) in [7, 11) is 1.62. The summed E-state index contributed by atoms with van der Waals surface area (Å²) in [6.45, 7) is 0. The molecule has 0 saturated heterocycles. The number of hydrogen-bond donors (Lipinski definition) is 2. The number of rotatable bonds is 3. The standard InChI is InChI=1S/C11H11N3OS/c1-15-8-5-3-2-4-7(8)11-14-6-9(16-11)10(12)13/h2-6H,1H3,(H3,12,13). The van der Waals surface area contributed by atoms with Crippen molar-refractivity contribution in [3.63, 3.8) is 0 Å². The van der Waals surface area contributed by atoms with Gasteiger partial charge in [-0.2, -0.15) is 0 Å². The molecule has 16 heavy (non-hydrogen) atoms. The molecule has 0 aliphatic rings. The van der Waals surface area contributed by atoms with E-state index in [9.17, 15) is 0 Å². The van der Waals surface area contributed by atoms with Crippen LogP contribution in [0.1, 0.15) is 4.88 Å². The minimum atomic E-state index is 0.0404. The van der Waals surface area contributed by atoms with Gasteiger partial charge in [-0.3, -0.25) is 5.41 Å². The lowest BCUT2D eigenvalue weighted by molar-refractivity contribution is 0.416. The molecule has 0 amide bonds. The van der Waals surface area contributed by atoms with E-state index in [4.69, 9.17) is 15.9 Å². The van der Waals surface area contributed by atoms with E-state index < -0.39 is 0 Å². The Morgan fingerprint density at radius 3 is 2.81 bits per heavy atom. The summed E-state index contributed by atoms with van der Waals surface area (Å²) in [5, 5.41) is 8.13. The summed E-state index contributed by atoms with van der Waals surface area (Å²) in [4.78, 5) is 4.90. The van der Waals surface area contributed by atoms with Crippen molar-refractivity contribution in [3.05, 3.63) is 35.3 Å². The van der Waals surface area contributed by atoms with Gasteiger partial charge < -0.3 is 10.5 Å². The van der Waals surface area contributed by atoms with Crippen molar-refractivity contribution in [2.75, 3.05) is 7.11 Å². The molecule has 0 unspecified atom stereocenters. The van der Waals surface area contributed by atoms with E-state index in [0.29, 0.717) is 4.88 Å². The van der Waals surface area contributed by atoms with Crippen molar-refractivity contribution in [2.45, 2.75) is 0 Å². The molecule has 3 N–H and O–H groups in total. The Labute approximate surface area is 97.2 Å². The Morgan fingerprint density at radius 1 is 1.44 bits per heavy atom.